The van der Waals surface area contributed by atoms with E-state index in [0.29, 0.717) is 6.04 Å². The fourth-order valence-electron chi connectivity index (χ4n) is 2.16. The van der Waals surface area contributed by atoms with Gasteiger partial charge in [0.15, 0.2) is 0 Å². The van der Waals surface area contributed by atoms with Crippen LogP contribution in [0.25, 0.3) is 10.8 Å². The largest absolute Gasteiger partial charge is 0.366 e. The second kappa shape index (κ2) is 3.97. The summed E-state index contributed by atoms with van der Waals surface area (Å²) in [6.45, 7) is 0. The molecule has 1 aliphatic rings. The molecule has 0 spiro atoms. The standard InChI is InChI=1S/C14H14N2/c1-4-8-13-11(5-1)9-10-15-14(13)16-12-6-2-3-7-12/h1-5,8-10,12H,6-7H2,(H,15,16). The van der Waals surface area contributed by atoms with E-state index in [-0.39, 0.29) is 0 Å². The Morgan fingerprint density at radius 1 is 1.06 bits per heavy atom. The molecule has 0 atom stereocenters. The van der Waals surface area contributed by atoms with Crippen molar-refractivity contribution in [1.82, 2.24) is 4.98 Å². The van der Waals surface area contributed by atoms with E-state index in [1.807, 2.05) is 12.3 Å². The van der Waals surface area contributed by atoms with Crippen molar-refractivity contribution in [2.24, 2.45) is 0 Å². The Labute approximate surface area is 95.0 Å². The highest BCUT2D eigenvalue weighted by atomic mass is 15.0. The maximum absolute atomic E-state index is 4.43. The van der Waals surface area contributed by atoms with Crippen LogP contribution in [0.15, 0.2) is 48.7 Å². The molecular formula is C14H14N2. The third kappa shape index (κ3) is 1.67. The molecule has 3 rings (SSSR count). The molecule has 1 heterocycles. The van der Waals surface area contributed by atoms with Gasteiger partial charge in [0.05, 0.1) is 0 Å². The Bertz CT molecular complexity index is 518. The van der Waals surface area contributed by atoms with E-state index in [2.05, 4.69) is 46.7 Å². The van der Waals surface area contributed by atoms with E-state index in [1.54, 1.807) is 0 Å². The molecule has 1 N–H and O–H groups in total. The first-order valence-electron chi connectivity index (χ1n) is 5.69. The third-order valence-electron chi connectivity index (χ3n) is 3.02. The Hall–Kier alpha value is -1.83. The smallest absolute Gasteiger partial charge is 0.134 e. The highest BCUT2D eigenvalue weighted by Gasteiger charge is 2.11. The maximum Gasteiger partial charge on any atom is 0.134 e. The van der Waals surface area contributed by atoms with Crippen molar-refractivity contribution >= 4 is 16.6 Å². The van der Waals surface area contributed by atoms with Gasteiger partial charge in [0.1, 0.15) is 5.82 Å². The minimum atomic E-state index is 0.512. The van der Waals surface area contributed by atoms with Crippen molar-refractivity contribution in [1.29, 1.82) is 0 Å². The number of rotatable bonds is 2. The van der Waals surface area contributed by atoms with Crippen LogP contribution in [0.4, 0.5) is 5.82 Å². The van der Waals surface area contributed by atoms with Gasteiger partial charge in [-0.1, -0.05) is 36.4 Å². The van der Waals surface area contributed by atoms with Crippen LogP contribution in [-0.2, 0) is 0 Å². The van der Waals surface area contributed by atoms with Crippen LogP contribution in [0.5, 0.6) is 0 Å². The predicted octanol–water partition coefficient (Wildman–Crippen LogP) is 3.37. The molecule has 0 amide bonds. The quantitative estimate of drug-likeness (QED) is 0.769. The summed E-state index contributed by atoms with van der Waals surface area (Å²) < 4.78 is 0. The molecule has 0 bridgehead atoms. The minimum absolute atomic E-state index is 0.512. The molecule has 1 aliphatic carbocycles. The van der Waals surface area contributed by atoms with E-state index in [9.17, 15) is 0 Å². The summed E-state index contributed by atoms with van der Waals surface area (Å²) in [5.41, 5.74) is 0. The van der Waals surface area contributed by atoms with Gasteiger partial charge in [-0.2, -0.15) is 0 Å². The molecule has 0 unspecified atom stereocenters. The van der Waals surface area contributed by atoms with Gasteiger partial charge in [0.25, 0.3) is 0 Å². The van der Waals surface area contributed by atoms with E-state index in [0.717, 1.165) is 18.7 Å². The van der Waals surface area contributed by atoms with Crippen LogP contribution >= 0.6 is 0 Å². The van der Waals surface area contributed by atoms with Crippen molar-refractivity contribution in [2.75, 3.05) is 5.32 Å². The maximum atomic E-state index is 4.43. The van der Waals surface area contributed by atoms with Gasteiger partial charge >= 0.3 is 0 Å². The first-order valence-corrected chi connectivity index (χ1v) is 5.69. The lowest BCUT2D eigenvalue weighted by Crippen LogP contribution is -2.16. The number of hydrogen-bond acceptors (Lipinski definition) is 2. The molecule has 2 nitrogen and oxygen atoms in total. The normalized spacial score (nSPS) is 15.8. The van der Waals surface area contributed by atoms with Crippen LogP contribution in [0.1, 0.15) is 12.8 Å². The number of nitrogens with one attached hydrogen (secondary N) is 1. The lowest BCUT2D eigenvalue weighted by molar-refractivity contribution is 0.783. The highest BCUT2D eigenvalue weighted by molar-refractivity contribution is 5.91. The molecule has 1 aromatic carbocycles. The van der Waals surface area contributed by atoms with Crippen LogP contribution < -0.4 is 5.32 Å². The Kier molecular flexibility index (Phi) is 2.33. The zero-order valence-electron chi connectivity index (χ0n) is 9.06. The zero-order valence-corrected chi connectivity index (χ0v) is 9.06. The lowest BCUT2D eigenvalue weighted by Gasteiger charge is -2.14. The molecule has 2 aromatic rings. The van der Waals surface area contributed by atoms with E-state index >= 15 is 0 Å². The van der Waals surface area contributed by atoms with Gasteiger partial charge in [0, 0.05) is 17.6 Å². The van der Waals surface area contributed by atoms with Gasteiger partial charge in [-0.05, 0) is 24.3 Å². The number of fused-ring (bicyclic) bond motifs is 1. The second-order valence-corrected chi connectivity index (χ2v) is 4.16. The Balaban J connectivity index is 1.96. The number of nitrogens with zero attached hydrogens (tertiary/aromatic N) is 1. The van der Waals surface area contributed by atoms with E-state index in [4.69, 9.17) is 0 Å². The summed E-state index contributed by atoms with van der Waals surface area (Å²) in [5, 5.41) is 5.96. The van der Waals surface area contributed by atoms with Crippen LogP contribution in [0.2, 0.25) is 0 Å². The van der Waals surface area contributed by atoms with E-state index < -0.39 is 0 Å². The summed E-state index contributed by atoms with van der Waals surface area (Å²) in [5.74, 6) is 1.01. The Morgan fingerprint density at radius 2 is 1.88 bits per heavy atom. The minimum Gasteiger partial charge on any atom is -0.366 e. The number of benzene rings is 1. The average Bonchev–Trinajstić information content (AvgIpc) is 2.82. The molecule has 16 heavy (non-hydrogen) atoms. The molecule has 1 aromatic heterocycles. The van der Waals surface area contributed by atoms with Gasteiger partial charge < -0.3 is 5.32 Å². The van der Waals surface area contributed by atoms with Crippen molar-refractivity contribution < 1.29 is 0 Å². The monoisotopic (exact) mass is 210 g/mol. The number of hydrogen-bond donors (Lipinski definition) is 1. The fourth-order valence-corrected chi connectivity index (χ4v) is 2.16. The fraction of sp³-hybridized carbons (Fsp3) is 0.214. The second-order valence-electron chi connectivity index (χ2n) is 4.16. The third-order valence-corrected chi connectivity index (χ3v) is 3.02. The zero-order chi connectivity index (χ0) is 10.8. The van der Waals surface area contributed by atoms with E-state index in [1.165, 1.54) is 10.8 Å². The molecule has 0 saturated carbocycles. The van der Waals surface area contributed by atoms with Gasteiger partial charge in [-0.25, -0.2) is 4.98 Å². The summed E-state index contributed by atoms with van der Waals surface area (Å²) in [4.78, 5) is 4.43. The SMILES string of the molecule is C1=CCC(Nc2nccc3ccccc23)C1. The van der Waals surface area contributed by atoms with Crippen molar-refractivity contribution in [3.8, 4) is 0 Å². The molecule has 0 radical (unpaired) electrons. The van der Waals surface area contributed by atoms with Crippen molar-refractivity contribution in [3.63, 3.8) is 0 Å². The number of anilines is 1. The van der Waals surface area contributed by atoms with Gasteiger partial charge in [-0.3, -0.25) is 0 Å². The molecule has 2 heteroatoms. The van der Waals surface area contributed by atoms with Gasteiger partial charge in [0.2, 0.25) is 0 Å². The summed E-state index contributed by atoms with van der Waals surface area (Å²) in [6, 6.07) is 10.9. The summed E-state index contributed by atoms with van der Waals surface area (Å²) in [6.07, 6.45) is 8.52. The molecular weight excluding hydrogens is 196 g/mol. The summed E-state index contributed by atoms with van der Waals surface area (Å²) in [7, 11) is 0. The molecule has 0 saturated heterocycles. The molecule has 80 valence electrons. The van der Waals surface area contributed by atoms with Crippen molar-refractivity contribution in [3.05, 3.63) is 48.7 Å². The summed E-state index contributed by atoms with van der Waals surface area (Å²) >= 11 is 0. The first kappa shape index (κ1) is 9.40. The predicted molar refractivity (Wildman–Crippen MR) is 67.5 cm³/mol. The van der Waals surface area contributed by atoms with Crippen LogP contribution in [-0.4, -0.2) is 11.0 Å². The van der Waals surface area contributed by atoms with Crippen LogP contribution in [0, 0.1) is 0 Å². The van der Waals surface area contributed by atoms with Gasteiger partial charge in [-0.15, -0.1) is 0 Å². The first-order chi connectivity index (χ1) is 7.93. The van der Waals surface area contributed by atoms with Crippen LogP contribution in [0.3, 0.4) is 0 Å². The highest BCUT2D eigenvalue weighted by Crippen LogP contribution is 2.23. The van der Waals surface area contributed by atoms with Crippen molar-refractivity contribution in [2.45, 2.75) is 18.9 Å². The average molecular weight is 210 g/mol. The Morgan fingerprint density at radius 3 is 2.75 bits per heavy atom. The molecule has 0 fully saturated rings. The number of aromatic nitrogens is 1. The number of pyridine rings is 1. The molecule has 0 aliphatic heterocycles. The topological polar surface area (TPSA) is 24.9 Å². The lowest BCUT2D eigenvalue weighted by atomic mass is 10.1.